The molecule has 1 heterocycles. The lowest BCUT2D eigenvalue weighted by atomic mass is 10.1. The van der Waals surface area contributed by atoms with Crippen molar-refractivity contribution in [3.8, 4) is 0 Å². The Kier molecular flexibility index (Phi) is 2.86. The summed E-state index contributed by atoms with van der Waals surface area (Å²) in [4.78, 5) is 22.2. The summed E-state index contributed by atoms with van der Waals surface area (Å²) in [5.41, 5.74) is 6.91. The van der Waals surface area contributed by atoms with Gasteiger partial charge in [0.2, 0.25) is 5.91 Å². The summed E-state index contributed by atoms with van der Waals surface area (Å²) in [6.07, 6.45) is 0.235. The molecule has 1 unspecified atom stereocenters. The molecule has 0 aromatic heterocycles. The van der Waals surface area contributed by atoms with E-state index in [1.54, 1.807) is 24.3 Å². The summed E-state index contributed by atoms with van der Waals surface area (Å²) < 4.78 is 0. The first-order valence-electron chi connectivity index (χ1n) is 5.21. The van der Waals surface area contributed by atoms with Gasteiger partial charge in [-0.15, -0.1) is 0 Å². The standard InChI is InChI=1S/C11H13N3O3/c12-6-1-3-7(4-2-6)13-8-5-9(11(16)17)14-10(8)15/h1-4,8-9,13H,5,12H2,(H,14,15)(H,16,17)/t8?,9-/m0/s1. The van der Waals surface area contributed by atoms with E-state index in [1.807, 2.05) is 0 Å². The Hall–Kier alpha value is -2.24. The van der Waals surface area contributed by atoms with Crippen LogP contribution in [0.3, 0.4) is 0 Å². The number of hydrogen-bond acceptors (Lipinski definition) is 4. The number of nitrogens with one attached hydrogen (secondary N) is 2. The number of rotatable bonds is 3. The molecule has 1 aliphatic rings. The predicted octanol–water partition coefficient (Wildman–Crippen LogP) is 0.0224. The monoisotopic (exact) mass is 235 g/mol. The average molecular weight is 235 g/mol. The molecule has 1 fully saturated rings. The minimum absolute atomic E-state index is 0.235. The van der Waals surface area contributed by atoms with Crippen LogP contribution in [0.15, 0.2) is 24.3 Å². The van der Waals surface area contributed by atoms with Gasteiger partial charge in [0.15, 0.2) is 0 Å². The van der Waals surface area contributed by atoms with Gasteiger partial charge < -0.3 is 21.5 Å². The zero-order chi connectivity index (χ0) is 12.4. The maximum atomic E-state index is 11.5. The fraction of sp³-hybridized carbons (Fsp3) is 0.273. The van der Waals surface area contributed by atoms with Crippen LogP contribution in [-0.2, 0) is 9.59 Å². The topological polar surface area (TPSA) is 104 Å². The molecule has 2 atom stereocenters. The Labute approximate surface area is 97.8 Å². The van der Waals surface area contributed by atoms with E-state index in [1.165, 1.54) is 0 Å². The molecule has 6 nitrogen and oxygen atoms in total. The van der Waals surface area contributed by atoms with Crippen LogP contribution in [0.25, 0.3) is 0 Å². The van der Waals surface area contributed by atoms with Gasteiger partial charge in [0.1, 0.15) is 12.1 Å². The quantitative estimate of drug-likeness (QED) is 0.553. The lowest BCUT2D eigenvalue weighted by Gasteiger charge is -2.11. The van der Waals surface area contributed by atoms with Gasteiger partial charge in [0, 0.05) is 17.8 Å². The zero-order valence-electron chi connectivity index (χ0n) is 9.01. The van der Waals surface area contributed by atoms with Gasteiger partial charge in [-0.2, -0.15) is 0 Å². The van der Waals surface area contributed by atoms with Crippen molar-refractivity contribution in [2.45, 2.75) is 18.5 Å². The van der Waals surface area contributed by atoms with E-state index < -0.39 is 18.1 Å². The molecule has 0 bridgehead atoms. The van der Waals surface area contributed by atoms with Crippen molar-refractivity contribution < 1.29 is 14.7 Å². The van der Waals surface area contributed by atoms with Gasteiger partial charge in [-0.3, -0.25) is 4.79 Å². The summed E-state index contributed by atoms with van der Waals surface area (Å²) in [5.74, 6) is -1.31. The number of amides is 1. The first-order chi connectivity index (χ1) is 8.06. The number of benzene rings is 1. The maximum Gasteiger partial charge on any atom is 0.326 e. The van der Waals surface area contributed by atoms with Gasteiger partial charge in [-0.25, -0.2) is 4.79 Å². The zero-order valence-corrected chi connectivity index (χ0v) is 9.01. The maximum absolute atomic E-state index is 11.5. The van der Waals surface area contributed by atoms with Crippen molar-refractivity contribution in [3.63, 3.8) is 0 Å². The van der Waals surface area contributed by atoms with E-state index in [2.05, 4.69) is 10.6 Å². The van der Waals surface area contributed by atoms with Crippen LogP contribution >= 0.6 is 0 Å². The molecule has 0 saturated carbocycles. The van der Waals surface area contributed by atoms with E-state index >= 15 is 0 Å². The molecule has 0 aliphatic carbocycles. The van der Waals surface area contributed by atoms with Crippen LogP contribution in [0.4, 0.5) is 11.4 Å². The van der Waals surface area contributed by atoms with Crippen LogP contribution in [0.1, 0.15) is 6.42 Å². The predicted molar refractivity (Wildman–Crippen MR) is 62.4 cm³/mol. The number of carbonyl (C=O) groups is 2. The fourth-order valence-corrected chi connectivity index (χ4v) is 1.74. The Morgan fingerprint density at radius 3 is 2.59 bits per heavy atom. The van der Waals surface area contributed by atoms with E-state index in [9.17, 15) is 9.59 Å². The number of nitrogens with two attached hydrogens (primary N) is 1. The van der Waals surface area contributed by atoms with E-state index in [4.69, 9.17) is 10.8 Å². The number of carboxylic acids is 1. The molecule has 1 aromatic carbocycles. The third-order valence-electron chi connectivity index (χ3n) is 2.65. The Morgan fingerprint density at radius 1 is 1.41 bits per heavy atom. The highest BCUT2D eigenvalue weighted by molar-refractivity contribution is 5.92. The second-order valence-electron chi connectivity index (χ2n) is 3.95. The van der Waals surface area contributed by atoms with Crippen LogP contribution in [0.2, 0.25) is 0 Å². The summed E-state index contributed by atoms with van der Waals surface area (Å²) in [6.45, 7) is 0. The van der Waals surface area contributed by atoms with Gasteiger partial charge in [0.05, 0.1) is 0 Å². The molecule has 2 rings (SSSR count). The molecule has 1 amide bonds. The van der Waals surface area contributed by atoms with Gasteiger partial charge in [-0.1, -0.05) is 0 Å². The molecule has 6 heteroatoms. The second kappa shape index (κ2) is 4.32. The van der Waals surface area contributed by atoms with Crippen molar-refractivity contribution in [2.24, 2.45) is 0 Å². The fourth-order valence-electron chi connectivity index (χ4n) is 1.74. The van der Waals surface area contributed by atoms with Crippen molar-refractivity contribution in [1.82, 2.24) is 5.32 Å². The van der Waals surface area contributed by atoms with Crippen LogP contribution in [0, 0.1) is 0 Å². The average Bonchev–Trinajstić information content (AvgIpc) is 2.64. The van der Waals surface area contributed by atoms with E-state index in [-0.39, 0.29) is 12.3 Å². The minimum atomic E-state index is -1.01. The van der Waals surface area contributed by atoms with Gasteiger partial charge in [0.25, 0.3) is 0 Å². The first-order valence-corrected chi connectivity index (χ1v) is 5.21. The Balaban J connectivity index is 2.02. The summed E-state index contributed by atoms with van der Waals surface area (Å²) in [5, 5.41) is 14.2. The number of anilines is 2. The lowest BCUT2D eigenvalue weighted by Crippen LogP contribution is -2.34. The molecule has 1 saturated heterocycles. The smallest absolute Gasteiger partial charge is 0.326 e. The normalized spacial score (nSPS) is 23.2. The second-order valence-corrected chi connectivity index (χ2v) is 3.95. The van der Waals surface area contributed by atoms with Crippen molar-refractivity contribution in [1.29, 1.82) is 0 Å². The van der Waals surface area contributed by atoms with Crippen molar-refractivity contribution >= 4 is 23.3 Å². The molecule has 90 valence electrons. The molecular weight excluding hydrogens is 222 g/mol. The number of nitrogen functional groups attached to an aromatic ring is 1. The molecule has 0 radical (unpaired) electrons. The highest BCUT2D eigenvalue weighted by atomic mass is 16.4. The number of hydrogen-bond donors (Lipinski definition) is 4. The third-order valence-corrected chi connectivity index (χ3v) is 2.65. The highest BCUT2D eigenvalue weighted by Gasteiger charge is 2.35. The molecular formula is C11H13N3O3. The van der Waals surface area contributed by atoms with Crippen LogP contribution in [-0.4, -0.2) is 29.1 Å². The van der Waals surface area contributed by atoms with Crippen molar-refractivity contribution in [3.05, 3.63) is 24.3 Å². The summed E-state index contributed by atoms with van der Waals surface area (Å²) >= 11 is 0. The molecule has 5 N–H and O–H groups in total. The molecule has 1 aliphatic heterocycles. The molecule has 1 aromatic rings. The minimum Gasteiger partial charge on any atom is -0.480 e. The van der Waals surface area contributed by atoms with Gasteiger partial charge >= 0.3 is 5.97 Å². The lowest BCUT2D eigenvalue weighted by molar-refractivity contribution is -0.140. The molecule has 17 heavy (non-hydrogen) atoms. The Bertz CT molecular complexity index is 444. The largest absolute Gasteiger partial charge is 0.480 e. The van der Waals surface area contributed by atoms with Crippen LogP contribution < -0.4 is 16.4 Å². The van der Waals surface area contributed by atoms with E-state index in [0.29, 0.717) is 5.69 Å². The third kappa shape index (κ3) is 2.47. The number of aliphatic carboxylic acids is 1. The van der Waals surface area contributed by atoms with Crippen LogP contribution in [0.5, 0.6) is 0 Å². The summed E-state index contributed by atoms with van der Waals surface area (Å²) in [6, 6.07) is 5.59. The van der Waals surface area contributed by atoms with Gasteiger partial charge in [-0.05, 0) is 24.3 Å². The van der Waals surface area contributed by atoms with E-state index in [0.717, 1.165) is 5.69 Å². The first kappa shape index (κ1) is 11.3. The summed E-state index contributed by atoms with van der Waals surface area (Å²) in [7, 11) is 0. The molecule has 0 spiro atoms. The van der Waals surface area contributed by atoms with Crippen molar-refractivity contribution in [2.75, 3.05) is 11.1 Å². The Morgan fingerprint density at radius 2 is 2.06 bits per heavy atom. The number of carbonyl (C=O) groups excluding carboxylic acids is 1. The SMILES string of the molecule is Nc1ccc(NC2C[C@@H](C(=O)O)NC2=O)cc1. The number of carboxylic acid groups (broad SMARTS) is 1. The highest BCUT2D eigenvalue weighted by Crippen LogP contribution is 2.16.